The lowest BCUT2D eigenvalue weighted by atomic mass is 9.77. The molecule has 0 fully saturated rings. The van der Waals surface area contributed by atoms with E-state index in [2.05, 4.69) is 27.0 Å². The molecule has 0 saturated heterocycles. The predicted molar refractivity (Wildman–Crippen MR) is 254 cm³/mol. The first-order chi connectivity index (χ1) is 29.8. The van der Waals surface area contributed by atoms with Crippen LogP contribution in [-0.4, -0.2) is 77.7 Å². The van der Waals surface area contributed by atoms with Crippen LogP contribution < -0.4 is 14.2 Å². The predicted octanol–water partition coefficient (Wildman–Crippen LogP) is 10.4. The molecule has 0 aliphatic heterocycles. The van der Waals surface area contributed by atoms with E-state index in [-0.39, 0.29) is 27.7 Å². The Hall–Kier alpha value is -4.23. The molecule has 0 bridgehead atoms. The molecule has 17 heteroatoms. The molecule has 0 aliphatic carbocycles. The quantitative estimate of drug-likeness (QED) is 0.0249. The average molecular weight is 961 g/mol. The van der Waals surface area contributed by atoms with Gasteiger partial charge in [-0.1, -0.05) is 45.2 Å². The number of methoxy groups -OCH3 is 1. The van der Waals surface area contributed by atoms with Gasteiger partial charge in [0.2, 0.25) is 9.84 Å². The van der Waals surface area contributed by atoms with Crippen molar-refractivity contribution in [2.24, 2.45) is 0 Å². The summed E-state index contributed by atoms with van der Waals surface area (Å²) in [5, 5.41) is 0. The van der Waals surface area contributed by atoms with E-state index in [1.54, 1.807) is 30.3 Å². The molecule has 342 valence electrons. The van der Waals surface area contributed by atoms with Crippen molar-refractivity contribution in [3.8, 4) is 23.0 Å². The van der Waals surface area contributed by atoms with Crippen molar-refractivity contribution >= 4 is 58.5 Å². The van der Waals surface area contributed by atoms with Crippen molar-refractivity contribution < 1.29 is 53.3 Å². The van der Waals surface area contributed by atoms with E-state index < -0.39 is 41.2 Å². The van der Waals surface area contributed by atoms with Crippen molar-refractivity contribution in [1.82, 2.24) is 0 Å². The summed E-state index contributed by atoms with van der Waals surface area (Å²) >= 11 is 2.69. The summed E-state index contributed by atoms with van der Waals surface area (Å²) in [5.41, 5.74) is 2.72. The molecular weight excluding hydrogens is 905 g/mol. The first-order valence-corrected chi connectivity index (χ1v) is 26.9. The van der Waals surface area contributed by atoms with Gasteiger partial charge in [-0.2, -0.15) is 28.6 Å². The minimum atomic E-state index is -4.17. The van der Waals surface area contributed by atoms with Crippen LogP contribution in [0.3, 0.4) is 0 Å². The summed E-state index contributed by atoms with van der Waals surface area (Å²) in [4.78, 5) is 0.797. The van der Waals surface area contributed by atoms with Gasteiger partial charge < -0.3 is 18.9 Å². The summed E-state index contributed by atoms with van der Waals surface area (Å²) in [6.45, 7) is 15.0. The number of thioether (sulfide) groups is 2. The largest absolute Gasteiger partial charge is 0.497 e. The first-order valence-electron chi connectivity index (χ1n) is 20.1. The van der Waals surface area contributed by atoms with E-state index in [0.29, 0.717) is 58.2 Å². The van der Waals surface area contributed by atoms with Gasteiger partial charge in [0.15, 0.2) is 0 Å². The van der Waals surface area contributed by atoms with Crippen molar-refractivity contribution in [2.75, 3.05) is 43.3 Å². The Labute approximate surface area is 381 Å². The van der Waals surface area contributed by atoms with Crippen LogP contribution in [0.15, 0.2) is 126 Å². The maximum atomic E-state index is 13.3. The number of allylic oxidation sites excluding steroid dienone is 2. The Bertz CT molecular complexity index is 2530. The van der Waals surface area contributed by atoms with Crippen LogP contribution in [-0.2, 0) is 46.0 Å². The average Bonchev–Trinajstić information content (AvgIpc) is 3.24. The minimum absolute atomic E-state index is 0.0929. The zero-order chi connectivity index (χ0) is 46.3. The Morgan fingerprint density at radius 1 is 0.730 bits per heavy atom. The van der Waals surface area contributed by atoms with Crippen LogP contribution >= 0.6 is 23.5 Å². The van der Waals surface area contributed by atoms with Crippen LogP contribution in [0.25, 0.3) is 4.91 Å². The van der Waals surface area contributed by atoms with Crippen molar-refractivity contribution in [2.45, 2.75) is 67.4 Å². The molecule has 0 amide bonds. The van der Waals surface area contributed by atoms with Crippen LogP contribution in [0.1, 0.15) is 68.7 Å². The van der Waals surface area contributed by atoms with E-state index in [1.807, 2.05) is 49.4 Å². The summed E-state index contributed by atoms with van der Waals surface area (Å²) < 4.78 is 114. The topological polar surface area (TPSA) is 180 Å². The van der Waals surface area contributed by atoms with Crippen LogP contribution in [0, 0.1) is 0 Å². The van der Waals surface area contributed by atoms with E-state index in [0.717, 1.165) is 41.7 Å². The molecule has 4 aromatic rings. The summed E-state index contributed by atoms with van der Waals surface area (Å²) in [5.74, 6) is 2.98. The second-order valence-corrected chi connectivity index (χ2v) is 22.2. The highest BCUT2D eigenvalue weighted by molar-refractivity contribution is 8.08. The molecule has 0 radical (unpaired) electrons. The fraction of sp³-hybridized carbons (Fsp3) is 0.348. The SMILES string of the molecule is C=C/C(=C\C)OCCCCCOc1ccc(C(C)(C)c2ccc(Oc3ccc(S(=O)(=O)c4ccc(OC)cc4)cc3)c(CSCCCS(=O)(=O)O)c2)cc1C(=C)SCCS(=O)(=O)O. The van der Waals surface area contributed by atoms with Crippen molar-refractivity contribution in [3.05, 3.63) is 138 Å². The summed E-state index contributed by atoms with van der Waals surface area (Å²) in [6, 6.07) is 23.9. The van der Waals surface area contributed by atoms with E-state index in [4.69, 9.17) is 18.9 Å². The molecule has 2 N–H and O–H groups in total. The fourth-order valence-electron chi connectivity index (χ4n) is 6.20. The van der Waals surface area contributed by atoms with Crippen molar-refractivity contribution in [1.29, 1.82) is 0 Å². The molecule has 63 heavy (non-hydrogen) atoms. The Kier molecular flexibility index (Phi) is 19.3. The third-order valence-corrected chi connectivity index (χ3v) is 15.5. The second-order valence-electron chi connectivity index (χ2n) is 14.8. The van der Waals surface area contributed by atoms with Crippen LogP contribution in [0.4, 0.5) is 0 Å². The molecule has 0 unspecified atom stereocenters. The molecule has 4 aromatic carbocycles. The highest BCUT2D eigenvalue weighted by Gasteiger charge is 2.27. The lowest BCUT2D eigenvalue weighted by Gasteiger charge is -2.28. The van der Waals surface area contributed by atoms with Gasteiger partial charge in [0, 0.05) is 33.0 Å². The zero-order valence-corrected chi connectivity index (χ0v) is 40.0. The molecule has 0 atom stereocenters. The molecule has 0 spiro atoms. The van der Waals surface area contributed by atoms with Crippen LogP contribution in [0.5, 0.6) is 23.0 Å². The normalized spacial score (nSPS) is 12.4. The number of rotatable bonds is 27. The van der Waals surface area contributed by atoms with Gasteiger partial charge >= 0.3 is 0 Å². The smallest absolute Gasteiger partial charge is 0.265 e. The van der Waals surface area contributed by atoms with E-state index >= 15 is 0 Å². The van der Waals surface area contributed by atoms with Gasteiger partial charge in [0.05, 0.1) is 41.6 Å². The van der Waals surface area contributed by atoms with E-state index in [1.165, 1.54) is 54.9 Å². The van der Waals surface area contributed by atoms with E-state index in [9.17, 15) is 34.4 Å². The molecule has 4 rings (SSSR count). The molecular formula is C46H56O12S5. The number of sulfone groups is 1. The summed E-state index contributed by atoms with van der Waals surface area (Å²) in [7, 11) is -10.6. The monoisotopic (exact) mass is 960 g/mol. The van der Waals surface area contributed by atoms with Crippen molar-refractivity contribution in [3.63, 3.8) is 0 Å². The molecule has 0 aromatic heterocycles. The van der Waals surface area contributed by atoms with Gasteiger partial charge in [-0.25, -0.2) is 8.42 Å². The van der Waals surface area contributed by atoms with Gasteiger partial charge in [0.25, 0.3) is 20.2 Å². The number of ether oxygens (including phenoxy) is 4. The van der Waals surface area contributed by atoms with Gasteiger partial charge in [0.1, 0.15) is 28.8 Å². The molecule has 0 saturated carbocycles. The first kappa shape index (κ1) is 51.4. The number of hydrogen-bond donors (Lipinski definition) is 2. The standard InChI is InChI=1S/C46H56O12S5/c1-7-38(8-2)56-25-10-9-11-26-57-45-24-14-37(32-43(45)34(3)60-28-30-62(50,51)52)46(4,5)36-13-23-44(35(31-36)33-59-27-12-29-61(47,48)49)58-40-17-21-42(22-18-40)63(53,54)41-19-15-39(55-6)16-20-41/h7-8,13-24,31-32H,1,3,9-12,25-30,33H2,2,4-6H3,(H,47,48,49)(H,50,51,52)/b38-8+. The highest BCUT2D eigenvalue weighted by Crippen LogP contribution is 2.41. The fourth-order valence-corrected chi connectivity index (χ4v) is 10.8. The minimum Gasteiger partial charge on any atom is -0.497 e. The van der Waals surface area contributed by atoms with Gasteiger partial charge in [-0.05, 0) is 128 Å². The Morgan fingerprint density at radius 3 is 1.90 bits per heavy atom. The zero-order valence-electron chi connectivity index (χ0n) is 35.9. The molecule has 12 nitrogen and oxygen atoms in total. The third-order valence-electron chi connectivity index (χ3n) is 9.88. The maximum Gasteiger partial charge on any atom is 0.265 e. The lowest BCUT2D eigenvalue weighted by molar-refractivity contribution is 0.212. The Morgan fingerprint density at radius 2 is 1.32 bits per heavy atom. The van der Waals surface area contributed by atoms with Gasteiger partial charge in [-0.15, -0.1) is 11.8 Å². The number of benzene rings is 4. The summed E-state index contributed by atoms with van der Waals surface area (Å²) in [6.07, 6.45) is 6.26. The third kappa shape index (κ3) is 16.1. The number of unbranched alkanes of at least 4 members (excludes halogenated alkanes) is 2. The maximum absolute atomic E-state index is 13.3. The van der Waals surface area contributed by atoms with Crippen LogP contribution in [0.2, 0.25) is 0 Å². The van der Waals surface area contributed by atoms with Gasteiger partial charge in [-0.3, -0.25) is 9.11 Å². The Balaban J connectivity index is 1.60. The molecule has 0 heterocycles. The number of hydrogen-bond acceptors (Lipinski definition) is 12. The second kappa shape index (κ2) is 23.6. The lowest BCUT2D eigenvalue weighted by Crippen LogP contribution is -2.19. The highest BCUT2D eigenvalue weighted by atomic mass is 32.2. The molecule has 0 aliphatic rings.